The van der Waals surface area contributed by atoms with E-state index in [2.05, 4.69) is 27.8 Å². The van der Waals surface area contributed by atoms with E-state index in [4.69, 9.17) is 0 Å². The summed E-state index contributed by atoms with van der Waals surface area (Å²) in [4.78, 5) is 33.4. The van der Waals surface area contributed by atoms with E-state index in [1.807, 2.05) is 34.8 Å². The van der Waals surface area contributed by atoms with Gasteiger partial charge in [-0.15, -0.1) is 0 Å². The molecule has 0 radical (unpaired) electrons. The van der Waals surface area contributed by atoms with Gasteiger partial charge in [0, 0.05) is 52.2 Å². The van der Waals surface area contributed by atoms with Crippen LogP contribution in [0, 0.1) is 0 Å². The van der Waals surface area contributed by atoms with Crippen LogP contribution in [0.4, 0.5) is 4.79 Å². The van der Waals surface area contributed by atoms with Crippen LogP contribution in [0.1, 0.15) is 23.0 Å². The summed E-state index contributed by atoms with van der Waals surface area (Å²) in [6.45, 7) is 3.25. The summed E-state index contributed by atoms with van der Waals surface area (Å²) in [5.74, 6) is 0.764. The van der Waals surface area contributed by atoms with Crippen LogP contribution in [0.3, 0.4) is 0 Å². The molecular formula is C20H26N6O2. The Balaban J connectivity index is 1.36. The number of aromatic nitrogens is 2. The third-order valence-electron chi connectivity index (χ3n) is 5.53. The van der Waals surface area contributed by atoms with Gasteiger partial charge in [0.05, 0.1) is 6.54 Å². The van der Waals surface area contributed by atoms with Crippen molar-refractivity contribution in [1.82, 2.24) is 30.0 Å². The van der Waals surface area contributed by atoms with Gasteiger partial charge in [0.1, 0.15) is 11.9 Å². The molecule has 1 fully saturated rings. The highest BCUT2D eigenvalue weighted by atomic mass is 16.2. The van der Waals surface area contributed by atoms with Gasteiger partial charge in [-0.3, -0.25) is 4.79 Å². The van der Waals surface area contributed by atoms with Crippen LogP contribution < -0.4 is 10.6 Å². The lowest BCUT2D eigenvalue weighted by molar-refractivity contribution is -0.133. The molecule has 0 spiro atoms. The fourth-order valence-electron chi connectivity index (χ4n) is 3.97. The highest BCUT2D eigenvalue weighted by molar-refractivity contribution is 5.84. The topological polar surface area (TPSA) is 82.5 Å². The Morgan fingerprint density at radius 3 is 2.86 bits per heavy atom. The lowest BCUT2D eigenvalue weighted by atomic mass is 10.0. The van der Waals surface area contributed by atoms with E-state index in [0.29, 0.717) is 26.2 Å². The molecule has 8 heteroatoms. The molecule has 2 aliphatic heterocycles. The maximum Gasteiger partial charge on any atom is 0.318 e. The van der Waals surface area contributed by atoms with Gasteiger partial charge in [0.25, 0.3) is 0 Å². The number of aryl methyl sites for hydroxylation is 1. The van der Waals surface area contributed by atoms with E-state index in [0.717, 1.165) is 18.8 Å². The lowest BCUT2D eigenvalue weighted by Gasteiger charge is -2.36. The van der Waals surface area contributed by atoms with Gasteiger partial charge in [0.15, 0.2) is 0 Å². The normalized spacial score (nSPS) is 19.2. The van der Waals surface area contributed by atoms with Gasteiger partial charge in [-0.25, -0.2) is 9.78 Å². The number of amides is 3. The van der Waals surface area contributed by atoms with Crippen LogP contribution in [0.2, 0.25) is 0 Å². The first-order valence-electron chi connectivity index (χ1n) is 9.70. The minimum atomic E-state index is -0.188. The van der Waals surface area contributed by atoms with E-state index >= 15 is 0 Å². The Hall–Kier alpha value is -2.87. The van der Waals surface area contributed by atoms with Gasteiger partial charge in [-0.1, -0.05) is 24.3 Å². The molecular weight excluding hydrogens is 356 g/mol. The molecule has 2 aromatic rings. The number of rotatable bonds is 3. The summed E-state index contributed by atoms with van der Waals surface area (Å²) in [7, 11) is 1.93. The predicted molar refractivity (Wildman–Crippen MR) is 104 cm³/mol. The van der Waals surface area contributed by atoms with Crippen molar-refractivity contribution >= 4 is 11.9 Å². The Labute approximate surface area is 164 Å². The molecule has 1 unspecified atom stereocenters. The summed E-state index contributed by atoms with van der Waals surface area (Å²) in [5, 5.41) is 6.13. The number of urea groups is 1. The summed E-state index contributed by atoms with van der Waals surface area (Å²) in [6.07, 6.45) is 4.46. The van der Waals surface area contributed by atoms with Crippen molar-refractivity contribution < 1.29 is 9.59 Å². The third-order valence-corrected chi connectivity index (χ3v) is 5.53. The predicted octanol–water partition coefficient (Wildman–Crippen LogP) is 0.661. The fourth-order valence-corrected chi connectivity index (χ4v) is 3.97. The molecule has 2 N–H and O–H groups in total. The maximum absolute atomic E-state index is 12.8. The van der Waals surface area contributed by atoms with Gasteiger partial charge in [0.2, 0.25) is 5.91 Å². The second-order valence-corrected chi connectivity index (χ2v) is 7.30. The van der Waals surface area contributed by atoms with E-state index in [-0.39, 0.29) is 24.5 Å². The summed E-state index contributed by atoms with van der Waals surface area (Å²) in [6, 6.07) is 7.87. The van der Waals surface area contributed by atoms with Crippen LogP contribution in [0.15, 0.2) is 36.7 Å². The molecule has 1 saturated heterocycles. The monoisotopic (exact) mass is 382 g/mol. The number of imidazole rings is 1. The zero-order valence-electron chi connectivity index (χ0n) is 16.1. The average molecular weight is 382 g/mol. The molecule has 1 aromatic heterocycles. The molecule has 2 aliphatic rings. The van der Waals surface area contributed by atoms with Crippen LogP contribution in [0.25, 0.3) is 0 Å². The molecule has 0 bridgehead atoms. The molecule has 0 saturated carbocycles. The number of benzene rings is 1. The number of piperazine rings is 1. The van der Waals surface area contributed by atoms with Crippen LogP contribution >= 0.6 is 0 Å². The molecule has 4 rings (SSSR count). The number of nitrogens with one attached hydrogen (secondary N) is 2. The first-order chi connectivity index (χ1) is 13.6. The Kier molecular flexibility index (Phi) is 5.29. The fraction of sp³-hybridized carbons (Fsp3) is 0.450. The maximum atomic E-state index is 12.8. The quantitative estimate of drug-likeness (QED) is 0.817. The smallest absolute Gasteiger partial charge is 0.318 e. The van der Waals surface area contributed by atoms with Crippen molar-refractivity contribution in [3.63, 3.8) is 0 Å². The molecule has 8 nitrogen and oxygen atoms in total. The minimum absolute atomic E-state index is 0.00208. The van der Waals surface area contributed by atoms with Crippen LogP contribution in [-0.2, 0) is 24.8 Å². The Morgan fingerprint density at radius 2 is 2.07 bits per heavy atom. The standard InChI is InChI=1S/C20H26N6O2/c1-24-10-8-22-19(24)17-12-21-7-11-26(17)18(27)13-23-20(28)25-9-6-15-4-2-3-5-16(15)14-25/h2-5,8,10,17,21H,6-7,9,11-14H2,1H3,(H,23,28). The van der Waals surface area contributed by atoms with Crippen molar-refractivity contribution in [2.24, 2.45) is 7.05 Å². The van der Waals surface area contributed by atoms with Gasteiger partial charge in [-0.2, -0.15) is 0 Å². The second kappa shape index (κ2) is 8.02. The third kappa shape index (κ3) is 3.73. The van der Waals surface area contributed by atoms with Gasteiger partial charge < -0.3 is 25.0 Å². The van der Waals surface area contributed by atoms with Crippen molar-refractivity contribution in [1.29, 1.82) is 0 Å². The first-order valence-corrected chi connectivity index (χ1v) is 9.70. The van der Waals surface area contributed by atoms with Crippen molar-refractivity contribution in [3.05, 3.63) is 53.6 Å². The van der Waals surface area contributed by atoms with Crippen molar-refractivity contribution in [3.8, 4) is 0 Å². The molecule has 1 atom stereocenters. The number of carbonyl (C=O) groups excluding carboxylic acids is 2. The van der Waals surface area contributed by atoms with Crippen molar-refractivity contribution in [2.75, 3.05) is 32.7 Å². The van der Waals surface area contributed by atoms with E-state index in [1.165, 1.54) is 11.1 Å². The molecule has 1 aromatic carbocycles. The van der Waals surface area contributed by atoms with Crippen LogP contribution in [-0.4, -0.2) is 64.0 Å². The summed E-state index contributed by atoms with van der Waals surface area (Å²) >= 11 is 0. The number of fused-ring (bicyclic) bond motifs is 1. The molecule has 3 heterocycles. The Morgan fingerprint density at radius 1 is 1.25 bits per heavy atom. The molecule has 148 valence electrons. The number of carbonyl (C=O) groups is 2. The number of nitrogens with zero attached hydrogens (tertiary/aromatic N) is 4. The molecule has 28 heavy (non-hydrogen) atoms. The molecule has 3 amide bonds. The number of hydrogen-bond donors (Lipinski definition) is 2. The van der Waals surface area contributed by atoms with E-state index in [1.54, 1.807) is 11.1 Å². The van der Waals surface area contributed by atoms with E-state index in [9.17, 15) is 9.59 Å². The lowest BCUT2D eigenvalue weighted by Crippen LogP contribution is -2.53. The summed E-state index contributed by atoms with van der Waals surface area (Å²) in [5.41, 5.74) is 2.47. The first kappa shape index (κ1) is 18.5. The summed E-state index contributed by atoms with van der Waals surface area (Å²) < 4.78 is 1.93. The average Bonchev–Trinajstić information content (AvgIpc) is 3.17. The van der Waals surface area contributed by atoms with E-state index < -0.39 is 0 Å². The zero-order valence-corrected chi connectivity index (χ0v) is 16.1. The van der Waals surface area contributed by atoms with Crippen LogP contribution in [0.5, 0.6) is 0 Å². The second-order valence-electron chi connectivity index (χ2n) is 7.30. The minimum Gasteiger partial charge on any atom is -0.336 e. The Bertz CT molecular complexity index is 864. The van der Waals surface area contributed by atoms with Gasteiger partial charge >= 0.3 is 6.03 Å². The largest absolute Gasteiger partial charge is 0.336 e. The highest BCUT2D eigenvalue weighted by Crippen LogP contribution is 2.21. The van der Waals surface area contributed by atoms with Gasteiger partial charge in [-0.05, 0) is 17.5 Å². The van der Waals surface area contributed by atoms with Crippen molar-refractivity contribution in [2.45, 2.75) is 19.0 Å². The number of hydrogen-bond acceptors (Lipinski definition) is 4. The molecule has 0 aliphatic carbocycles. The zero-order chi connectivity index (χ0) is 19.5. The SMILES string of the molecule is Cn1ccnc1C1CNCCN1C(=O)CNC(=O)N1CCc2ccccc2C1. The highest BCUT2D eigenvalue weighted by Gasteiger charge is 2.30.